The van der Waals surface area contributed by atoms with Crippen LogP contribution in [0.5, 0.6) is 0 Å². The molecule has 1 amide bonds. The minimum atomic E-state index is -1.000. The lowest BCUT2D eigenvalue weighted by Gasteiger charge is -2.29. The smallest absolute Gasteiger partial charge is 0.410 e. The van der Waals surface area contributed by atoms with Crippen molar-refractivity contribution in [3.8, 4) is 11.1 Å². The van der Waals surface area contributed by atoms with Gasteiger partial charge in [0, 0.05) is 6.54 Å². The maximum atomic E-state index is 12.8. The molecule has 0 saturated carbocycles. The summed E-state index contributed by atoms with van der Waals surface area (Å²) >= 11 is 0. The Hall–Kier alpha value is -3.14. The number of carboxylic acid groups (broad SMARTS) is 1. The lowest BCUT2D eigenvalue weighted by atomic mass is 10.0. The van der Waals surface area contributed by atoms with E-state index < -0.39 is 12.1 Å². The minimum absolute atomic E-state index is 0.225. The van der Waals surface area contributed by atoms with Crippen LogP contribution in [0.15, 0.2) is 48.5 Å². The molecule has 0 aromatic heterocycles. The van der Waals surface area contributed by atoms with Crippen LogP contribution >= 0.6 is 0 Å². The summed E-state index contributed by atoms with van der Waals surface area (Å²) in [6.07, 6.45) is -0.394. The Balaban J connectivity index is 1.11. The SMILES string of the molecule is COC(=O)N(CCOCCOCCOCCOCCOCCOCCOCCOCC(=O)O)C1c2ccccc2-c2ccccc21. The highest BCUT2D eigenvalue weighted by Gasteiger charge is 2.35. The van der Waals surface area contributed by atoms with E-state index in [1.807, 2.05) is 24.3 Å². The van der Waals surface area contributed by atoms with Crippen molar-refractivity contribution in [3.05, 3.63) is 59.7 Å². The maximum absolute atomic E-state index is 12.8. The van der Waals surface area contributed by atoms with Gasteiger partial charge in [0.25, 0.3) is 0 Å². The molecule has 0 radical (unpaired) electrons. The van der Waals surface area contributed by atoms with Crippen molar-refractivity contribution in [1.29, 1.82) is 0 Å². The second kappa shape index (κ2) is 23.2. The van der Waals surface area contributed by atoms with E-state index in [0.717, 1.165) is 22.3 Å². The van der Waals surface area contributed by atoms with E-state index in [1.54, 1.807) is 4.90 Å². The molecule has 0 saturated heterocycles. The first-order chi connectivity index (χ1) is 22.6. The fourth-order valence-corrected chi connectivity index (χ4v) is 4.77. The zero-order valence-electron chi connectivity index (χ0n) is 26.6. The first kappa shape index (κ1) is 37.3. The third-order valence-electron chi connectivity index (χ3n) is 6.83. The van der Waals surface area contributed by atoms with E-state index in [4.69, 9.17) is 47.7 Å². The lowest BCUT2D eigenvalue weighted by molar-refractivity contribution is -0.142. The van der Waals surface area contributed by atoms with Crippen LogP contribution in [-0.2, 0) is 47.4 Å². The molecule has 0 aliphatic heterocycles. The molecule has 1 aliphatic carbocycles. The van der Waals surface area contributed by atoms with Crippen LogP contribution in [0.3, 0.4) is 0 Å². The normalized spacial score (nSPS) is 12.2. The Labute approximate surface area is 270 Å². The Morgan fingerprint density at radius 2 is 0.913 bits per heavy atom. The monoisotopic (exact) mass is 649 g/mol. The summed E-state index contributed by atoms with van der Waals surface area (Å²) in [5.74, 6) is -1.000. The molecule has 1 aliphatic rings. The number of carbonyl (C=O) groups excluding carboxylic acids is 1. The van der Waals surface area contributed by atoms with E-state index in [2.05, 4.69) is 24.3 Å². The number of benzene rings is 2. The molecule has 2 aromatic rings. The van der Waals surface area contributed by atoms with Crippen molar-refractivity contribution in [3.63, 3.8) is 0 Å². The van der Waals surface area contributed by atoms with Crippen LogP contribution in [-0.4, -0.2) is 141 Å². The Bertz CT molecular complexity index is 1090. The van der Waals surface area contributed by atoms with Gasteiger partial charge < -0.3 is 47.7 Å². The number of carboxylic acids is 1. The van der Waals surface area contributed by atoms with Crippen molar-refractivity contribution in [2.75, 3.05) is 119 Å². The molecule has 1 N–H and O–H groups in total. The maximum Gasteiger partial charge on any atom is 0.410 e. The highest BCUT2D eigenvalue weighted by atomic mass is 16.6. The van der Waals surface area contributed by atoms with Gasteiger partial charge in [0.05, 0.1) is 112 Å². The van der Waals surface area contributed by atoms with E-state index in [9.17, 15) is 9.59 Å². The minimum Gasteiger partial charge on any atom is -0.480 e. The number of amides is 1. The van der Waals surface area contributed by atoms with Gasteiger partial charge in [0.15, 0.2) is 0 Å². The first-order valence-electron chi connectivity index (χ1n) is 15.5. The number of hydrogen-bond donors (Lipinski definition) is 1. The standard InChI is InChI=1S/C33H47NO12/c1-38-33(37)34(32-29-8-4-2-6-27(29)28-7-3-5-9-30(28)32)10-11-39-12-13-40-14-15-41-16-17-42-18-19-43-20-21-44-22-23-45-24-25-46-26-31(35)36/h2-9,32H,10-26H2,1H3,(H,35,36). The summed E-state index contributed by atoms with van der Waals surface area (Å²) in [6.45, 7) is 6.27. The molecule has 0 spiro atoms. The zero-order valence-corrected chi connectivity index (χ0v) is 26.6. The molecule has 13 heteroatoms. The molecule has 0 unspecified atom stereocenters. The van der Waals surface area contributed by atoms with Gasteiger partial charge in [-0.15, -0.1) is 0 Å². The van der Waals surface area contributed by atoms with E-state index >= 15 is 0 Å². The summed E-state index contributed by atoms with van der Waals surface area (Å²) in [4.78, 5) is 24.8. The second-order valence-electron chi connectivity index (χ2n) is 9.97. The molecule has 13 nitrogen and oxygen atoms in total. The van der Waals surface area contributed by atoms with Gasteiger partial charge in [-0.2, -0.15) is 0 Å². The van der Waals surface area contributed by atoms with E-state index in [0.29, 0.717) is 99.0 Å². The van der Waals surface area contributed by atoms with Crippen LogP contribution in [0.2, 0.25) is 0 Å². The number of fused-ring (bicyclic) bond motifs is 3. The average molecular weight is 650 g/mol. The average Bonchev–Trinajstić information content (AvgIpc) is 3.40. The van der Waals surface area contributed by atoms with Crippen LogP contribution in [0, 0.1) is 0 Å². The van der Waals surface area contributed by atoms with Crippen molar-refractivity contribution in [2.24, 2.45) is 0 Å². The van der Waals surface area contributed by atoms with Gasteiger partial charge in [0.2, 0.25) is 0 Å². The molecule has 256 valence electrons. The summed E-state index contributed by atoms with van der Waals surface area (Å²) < 4.78 is 48.4. The van der Waals surface area contributed by atoms with Crippen molar-refractivity contribution in [2.45, 2.75) is 6.04 Å². The topological polar surface area (TPSA) is 141 Å². The number of ether oxygens (including phenoxy) is 9. The van der Waals surface area contributed by atoms with Crippen LogP contribution < -0.4 is 0 Å². The number of methoxy groups -OCH3 is 1. The number of hydrogen-bond acceptors (Lipinski definition) is 11. The summed E-state index contributed by atoms with van der Waals surface area (Å²) in [7, 11) is 1.40. The molecule has 3 rings (SSSR count). The first-order valence-corrected chi connectivity index (χ1v) is 15.5. The van der Waals surface area contributed by atoms with Gasteiger partial charge >= 0.3 is 12.1 Å². The largest absolute Gasteiger partial charge is 0.480 e. The van der Waals surface area contributed by atoms with Crippen LogP contribution in [0.1, 0.15) is 17.2 Å². The molecule has 0 fully saturated rings. The van der Waals surface area contributed by atoms with Crippen molar-refractivity contribution < 1.29 is 57.3 Å². The highest BCUT2D eigenvalue weighted by molar-refractivity contribution is 5.81. The lowest BCUT2D eigenvalue weighted by Crippen LogP contribution is -2.37. The predicted molar refractivity (Wildman–Crippen MR) is 167 cm³/mol. The van der Waals surface area contributed by atoms with E-state index in [-0.39, 0.29) is 19.3 Å². The van der Waals surface area contributed by atoms with Crippen LogP contribution in [0.4, 0.5) is 4.79 Å². The second-order valence-corrected chi connectivity index (χ2v) is 9.97. The molecule has 2 aromatic carbocycles. The Morgan fingerprint density at radius 1 is 0.565 bits per heavy atom. The molecule has 0 heterocycles. The van der Waals surface area contributed by atoms with Gasteiger partial charge in [-0.25, -0.2) is 9.59 Å². The van der Waals surface area contributed by atoms with Gasteiger partial charge in [-0.3, -0.25) is 4.90 Å². The molecule has 46 heavy (non-hydrogen) atoms. The zero-order chi connectivity index (χ0) is 32.7. The number of carbonyl (C=O) groups is 2. The fraction of sp³-hybridized carbons (Fsp3) is 0.576. The van der Waals surface area contributed by atoms with Gasteiger partial charge in [-0.05, 0) is 22.3 Å². The molecular weight excluding hydrogens is 602 g/mol. The van der Waals surface area contributed by atoms with Gasteiger partial charge in [-0.1, -0.05) is 48.5 Å². The molecule has 0 bridgehead atoms. The van der Waals surface area contributed by atoms with Crippen molar-refractivity contribution >= 4 is 12.1 Å². The van der Waals surface area contributed by atoms with Crippen molar-refractivity contribution in [1.82, 2.24) is 4.90 Å². The quantitative estimate of drug-likeness (QED) is 0.142. The van der Waals surface area contributed by atoms with E-state index in [1.165, 1.54) is 7.11 Å². The third kappa shape index (κ3) is 13.7. The molecular formula is C33H47NO12. The summed E-state index contributed by atoms with van der Waals surface area (Å²) in [6, 6.07) is 16.1. The highest BCUT2D eigenvalue weighted by Crippen LogP contribution is 2.46. The third-order valence-corrected chi connectivity index (χ3v) is 6.83. The molecule has 0 atom stereocenters. The number of rotatable bonds is 27. The summed E-state index contributed by atoms with van der Waals surface area (Å²) in [5.41, 5.74) is 4.43. The van der Waals surface area contributed by atoms with Gasteiger partial charge in [0.1, 0.15) is 6.61 Å². The van der Waals surface area contributed by atoms with Crippen LogP contribution in [0.25, 0.3) is 11.1 Å². The fourth-order valence-electron chi connectivity index (χ4n) is 4.77. The number of nitrogens with zero attached hydrogens (tertiary/aromatic N) is 1. The Morgan fingerprint density at radius 3 is 1.28 bits per heavy atom. The number of aliphatic carboxylic acids is 1. The predicted octanol–water partition coefficient (Wildman–Crippen LogP) is 3.04. The summed E-state index contributed by atoms with van der Waals surface area (Å²) in [5, 5.41) is 8.44. The Kier molecular flexibility index (Phi) is 18.8.